The molecule has 52 heavy (non-hydrogen) atoms. The molecule has 0 amide bonds. The third-order valence-electron chi connectivity index (χ3n) is 11.9. The smallest absolute Gasteiger partial charge is 0.0636 e. The van der Waals surface area contributed by atoms with Crippen LogP contribution < -0.4 is 15.6 Å². The van der Waals surface area contributed by atoms with Gasteiger partial charge >= 0.3 is 0 Å². The van der Waals surface area contributed by atoms with Crippen LogP contribution in [0.2, 0.25) is 0 Å². The highest BCUT2D eigenvalue weighted by molar-refractivity contribution is 7.17. The molecular weight excluding hydrogens is 641 g/mol. The second kappa shape index (κ2) is 14.9. The minimum absolute atomic E-state index is 0.332. The molecule has 7 rings (SSSR count). The van der Waals surface area contributed by atoms with E-state index in [1.54, 1.807) is 5.20 Å². The van der Waals surface area contributed by atoms with E-state index in [0.29, 0.717) is 5.92 Å². The monoisotopic (exact) mass is 692 g/mol. The molecule has 0 heterocycles. The quantitative estimate of drug-likeness (QED) is 0.0990. The van der Waals surface area contributed by atoms with Gasteiger partial charge in [0.1, 0.15) is 0 Å². The Balaban J connectivity index is 1.59. The van der Waals surface area contributed by atoms with Gasteiger partial charge in [0.05, 0.1) is 0 Å². The van der Waals surface area contributed by atoms with Gasteiger partial charge in [-0.25, -0.2) is 0 Å². The molecule has 6 aromatic carbocycles. The van der Waals surface area contributed by atoms with Gasteiger partial charge < -0.3 is 0 Å². The number of benzene rings is 6. The number of hydrogen-bond acceptors (Lipinski definition) is 0. The molecule has 0 radical (unpaired) electrons. The minimum Gasteiger partial charge on any atom is -0.0636 e. The third kappa shape index (κ3) is 6.71. The topological polar surface area (TPSA) is 0 Å². The zero-order valence-corrected chi connectivity index (χ0v) is 33.1. The molecule has 0 nitrogen and oxygen atoms in total. The lowest BCUT2D eigenvalue weighted by atomic mass is 10.0. The van der Waals surface area contributed by atoms with Crippen molar-refractivity contribution in [1.29, 1.82) is 0 Å². The molecule has 0 aromatic heterocycles. The predicted molar refractivity (Wildman–Crippen MR) is 226 cm³/mol. The average molecular weight is 693 g/mol. The molecule has 0 bridgehead atoms. The van der Waals surface area contributed by atoms with E-state index in [1.807, 2.05) is 0 Å². The van der Waals surface area contributed by atoms with Gasteiger partial charge in [0.15, 0.2) is 8.07 Å². The van der Waals surface area contributed by atoms with Gasteiger partial charge in [-0.05, 0) is 121 Å². The fourth-order valence-corrected chi connectivity index (χ4v) is 15.1. The maximum Gasteiger partial charge on any atom is 0.177 e. The summed E-state index contributed by atoms with van der Waals surface area (Å²) >= 11 is 0. The van der Waals surface area contributed by atoms with E-state index in [9.17, 15) is 0 Å². The molecule has 1 aliphatic rings. The SMILES string of the molecule is CC1=C(C)C(C)C([Si](c2ccccc2Cc2ccc(C)cc2)(c2ccccc2Cc2ccc(C)cc2)c2ccccc2Cc2ccc(C)cc2)=C1C. The maximum absolute atomic E-state index is 2.99. The van der Waals surface area contributed by atoms with Crippen molar-refractivity contribution >= 4 is 23.6 Å². The van der Waals surface area contributed by atoms with Crippen molar-refractivity contribution < 1.29 is 0 Å². The van der Waals surface area contributed by atoms with Crippen molar-refractivity contribution in [2.75, 3.05) is 0 Å². The van der Waals surface area contributed by atoms with E-state index in [4.69, 9.17) is 0 Å². The van der Waals surface area contributed by atoms with Crippen molar-refractivity contribution in [1.82, 2.24) is 0 Å². The van der Waals surface area contributed by atoms with Crippen LogP contribution in [0.3, 0.4) is 0 Å². The van der Waals surface area contributed by atoms with Crippen molar-refractivity contribution in [2.24, 2.45) is 5.92 Å². The van der Waals surface area contributed by atoms with Crippen LogP contribution in [0.25, 0.3) is 0 Å². The van der Waals surface area contributed by atoms with Crippen molar-refractivity contribution in [3.8, 4) is 0 Å². The lowest BCUT2D eigenvalue weighted by Gasteiger charge is -2.42. The number of allylic oxidation sites excluding steroid dienone is 4. The molecule has 0 aliphatic heterocycles. The van der Waals surface area contributed by atoms with Crippen LogP contribution in [0.4, 0.5) is 0 Å². The van der Waals surface area contributed by atoms with Crippen molar-refractivity contribution in [3.63, 3.8) is 0 Å². The fraction of sp³-hybridized carbons (Fsp3) is 0.216. The summed E-state index contributed by atoms with van der Waals surface area (Å²) in [5.41, 5.74) is 16.7. The Bertz CT molecular complexity index is 2040. The summed E-state index contributed by atoms with van der Waals surface area (Å²) in [6.45, 7) is 16.2. The second-order valence-electron chi connectivity index (χ2n) is 15.3. The zero-order valence-electron chi connectivity index (χ0n) is 32.1. The molecule has 6 aromatic rings. The van der Waals surface area contributed by atoms with Crippen LogP contribution in [-0.4, -0.2) is 8.07 Å². The van der Waals surface area contributed by atoms with Gasteiger partial charge in [0, 0.05) is 0 Å². The molecule has 260 valence electrons. The highest BCUT2D eigenvalue weighted by Crippen LogP contribution is 2.42. The Morgan fingerprint density at radius 1 is 0.385 bits per heavy atom. The Kier molecular flexibility index (Phi) is 10.2. The molecule has 1 unspecified atom stereocenters. The first-order valence-electron chi connectivity index (χ1n) is 19.0. The van der Waals surface area contributed by atoms with Crippen LogP contribution in [0.5, 0.6) is 0 Å². The Hall–Kier alpha value is -4.98. The van der Waals surface area contributed by atoms with Crippen LogP contribution in [-0.2, 0) is 19.3 Å². The molecular formula is C51H52Si. The normalized spacial score (nSPS) is 14.7. The van der Waals surface area contributed by atoms with Gasteiger partial charge in [-0.2, -0.15) is 0 Å². The number of hydrogen-bond donors (Lipinski definition) is 0. The van der Waals surface area contributed by atoms with E-state index in [0.717, 1.165) is 19.3 Å². The molecule has 0 spiro atoms. The summed E-state index contributed by atoms with van der Waals surface area (Å²) in [7, 11) is -2.99. The van der Waals surface area contributed by atoms with Gasteiger partial charge in [0.2, 0.25) is 0 Å². The highest BCUT2D eigenvalue weighted by Gasteiger charge is 2.50. The summed E-state index contributed by atoms with van der Waals surface area (Å²) in [6, 6.07) is 56.0. The van der Waals surface area contributed by atoms with E-state index < -0.39 is 8.07 Å². The largest absolute Gasteiger partial charge is 0.177 e. The van der Waals surface area contributed by atoms with Crippen LogP contribution >= 0.6 is 0 Å². The molecule has 1 heteroatoms. The molecule has 0 fully saturated rings. The first kappa shape index (κ1) is 35.4. The first-order valence-corrected chi connectivity index (χ1v) is 21.0. The lowest BCUT2D eigenvalue weighted by molar-refractivity contribution is 0.851. The first-order chi connectivity index (χ1) is 25.2. The van der Waals surface area contributed by atoms with Crippen LogP contribution in [0, 0.1) is 26.7 Å². The second-order valence-corrected chi connectivity index (χ2v) is 18.9. The van der Waals surface area contributed by atoms with Gasteiger partial charge in [-0.15, -0.1) is 0 Å². The molecule has 0 N–H and O–H groups in total. The van der Waals surface area contributed by atoms with Crippen LogP contribution in [0.1, 0.15) is 77.8 Å². The Morgan fingerprint density at radius 2 is 0.692 bits per heavy atom. The summed E-state index contributed by atoms with van der Waals surface area (Å²) in [5.74, 6) is 0.332. The fourth-order valence-electron chi connectivity index (χ4n) is 8.74. The number of aryl methyl sites for hydroxylation is 3. The van der Waals surface area contributed by atoms with Gasteiger partial charge in [-0.1, -0.05) is 186 Å². The van der Waals surface area contributed by atoms with Gasteiger partial charge in [-0.3, -0.25) is 0 Å². The Labute approximate surface area is 313 Å². The summed E-state index contributed by atoms with van der Waals surface area (Å²) in [6.07, 6.45) is 2.70. The summed E-state index contributed by atoms with van der Waals surface area (Å²) in [4.78, 5) is 0. The van der Waals surface area contributed by atoms with Crippen molar-refractivity contribution in [3.05, 3.63) is 218 Å². The zero-order chi connectivity index (χ0) is 36.4. The average Bonchev–Trinajstić information content (AvgIpc) is 3.35. The standard InChI is InChI=1S/C51H52Si/c1-35-20-26-42(27-21-35)32-45-14-8-11-17-48(45)52(51-40(6)38(4)39(5)41(51)7,49-18-12-9-15-46(49)33-43-28-22-36(2)23-29-43)50-19-13-10-16-47(50)34-44-30-24-37(3)25-31-44/h8-31,40H,32-34H2,1-7H3. The predicted octanol–water partition coefficient (Wildman–Crippen LogP) is 10.7. The van der Waals surface area contributed by atoms with E-state index >= 15 is 0 Å². The number of rotatable bonds is 10. The summed E-state index contributed by atoms with van der Waals surface area (Å²) in [5, 5.41) is 6.21. The van der Waals surface area contributed by atoms with E-state index in [1.165, 1.54) is 82.4 Å². The molecule has 0 saturated carbocycles. The molecule has 1 aliphatic carbocycles. The highest BCUT2D eigenvalue weighted by atomic mass is 28.3. The molecule has 1 atom stereocenters. The maximum atomic E-state index is 2.51. The minimum atomic E-state index is -2.99. The summed E-state index contributed by atoms with van der Waals surface area (Å²) < 4.78 is 0. The lowest BCUT2D eigenvalue weighted by Crippen LogP contribution is -2.71. The van der Waals surface area contributed by atoms with E-state index in [2.05, 4.69) is 194 Å². The van der Waals surface area contributed by atoms with Gasteiger partial charge in [0.25, 0.3) is 0 Å². The molecule has 0 saturated heterocycles. The van der Waals surface area contributed by atoms with E-state index in [-0.39, 0.29) is 0 Å². The van der Waals surface area contributed by atoms with Crippen molar-refractivity contribution in [2.45, 2.75) is 67.7 Å². The van der Waals surface area contributed by atoms with Crippen LogP contribution in [0.15, 0.2) is 168 Å². The Morgan fingerprint density at radius 3 is 0.981 bits per heavy atom. The third-order valence-corrected chi connectivity index (χ3v) is 17.4.